The molecule has 0 spiro atoms. The maximum absolute atomic E-state index is 13.0. The minimum atomic E-state index is -0.978. The first-order chi connectivity index (χ1) is 11.8. The molecule has 132 valence electrons. The van der Waals surface area contributed by atoms with Crippen LogP contribution in [-0.4, -0.2) is 24.6 Å². The van der Waals surface area contributed by atoms with Crippen LogP contribution in [0.5, 0.6) is 5.75 Å². The highest BCUT2D eigenvalue weighted by Crippen LogP contribution is 2.25. The van der Waals surface area contributed by atoms with E-state index < -0.39 is 30.4 Å². The molecule has 0 radical (unpaired) electrons. The van der Waals surface area contributed by atoms with E-state index in [1.54, 1.807) is 6.07 Å². The van der Waals surface area contributed by atoms with E-state index in [2.05, 4.69) is 21.2 Å². The average Bonchev–Trinajstić information content (AvgIpc) is 2.54. The van der Waals surface area contributed by atoms with E-state index in [-0.39, 0.29) is 0 Å². The highest BCUT2D eigenvalue weighted by atomic mass is 79.9. The molecule has 0 aliphatic carbocycles. The number of hydrogen-bond acceptors (Lipinski definition) is 4. The minimum Gasteiger partial charge on any atom is -0.481 e. The first-order valence-electron chi connectivity index (χ1n) is 7.50. The molecule has 0 aromatic heterocycles. The molecule has 1 N–H and O–H groups in total. The summed E-state index contributed by atoms with van der Waals surface area (Å²) in [4.78, 5) is 23.8. The zero-order valence-corrected chi connectivity index (χ0v) is 15.3. The Morgan fingerprint density at radius 1 is 1.24 bits per heavy atom. The number of benzene rings is 2. The van der Waals surface area contributed by atoms with Crippen molar-refractivity contribution >= 4 is 33.5 Å². The van der Waals surface area contributed by atoms with Gasteiger partial charge in [-0.2, -0.15) is 0 Å². The van der Waals surface area contributed by atoms with E-state index in [1.807, 2.05) is 25.1 Å². The summed E-state index contributed by atoms with van der Waals surface area (Å²) in [5, 5.41) is 2.67. The molecular formula is C18H17BrFNO4. The summed E-state index contributed by atoms with van der Waals surface area (Å²) in [7, 11) is 0. The third-order valence-electron chi connectivity index (χ3n) is 3.20. The minimum absolute atomic E-state index is 0.301. The Kier molecular flexibility index (Phi) is 6.52. The molecule has 1 atom stereocenters. The SMILES string of the molecule is Cc1cccc(NC(=O)C(C)OC(=O)COc2ccc(F)cc2Br)c1. The monoisotopic (exact) mass is 409 g/mol. The van der Waals surface area contributed by atoms with Crippen molar-refractivity contribution in [3.05, 3.63) is 58.3 Å². The second-order valence-corrected chi connectivity index (χ2v) is 6.21. The first kappa shape index (κ1) is 18.9. The molecule has 0 aliphatic rings. The van der Waals surface area contributed by atoms with Crippen LogP contribution in [0.1, 0.15) is 12.5 Å². The van der Waals surface area contributed by atoms with Gasteiger partial charge in [0.05, 0.1) is 4.47 Å². The second-order valence-electron chi connectivity index (χ2n) is 5.35. The van der Waals surface area contributed by atoms with Gasteiger partial charge in [-0.3, -0.25) is 4.79 Å². The molecule has 7 heteroatoms. The Hall–Kier alpha value is -2.41. The first-order valence-corrected chi connectivity index (χ1v) is 8.29. The molecule has 0 aliphatic heterocycles. The molecule has 0 fully saturated rings. The summed E-state index contributed by atoms with van der Waals surface area (Å²) >= 11 is 3.13. The van der Waals surface area contributed by atoms with Crippen molar-refractivity contribution in [1.82, 2.24) is 0 Å². The number of aryl methyl sites for hydroxylation is 1. The van der Waals surface area contributed by atoms with Gasteiger partial charge in [-0.25, -0.2) is 9.18 Å². The molecule has 0 heterocycles. The third kappa shape index (κ3) is 5.86. The zero-order chi connectivity index (χ0) is 18.4. The van der Waals surface area contributed by atoms with Crippen molar-refractivity contribution in [1.29, 1.82) is 0 Å². The van der Waals surface area contributed by atoms with Gasteiger partial charge in [0.2, 0.25) is 0 Å². The van der Waals surface area contributed by atoms with Crippen LogP contribution in [0.2, 0.25) is 0 Å². The molecule has 25 heavy (non-hydrogen) atoms. The predicted molar refractivity (Wildman–Crippen MR) is 95.0 cm³/mol. The fraction of sp³-hybridized carbons (Fsp3) is 0.222. The van der Waals surface area contributed by atoms with Crippen molar-refractivity contribution < 1.29 is 23.5 Å². The number of carbonyl (C=O) groups excluding carboxylic acids is 2. The zero-order valence-electron chi connectivity index (χ0n) is 13.7. The van der Waals surface area contributed by atoms with Gasteiger partial charge in [-0.15, -0.1) is 0 Å². The van der Waals surface area contributed by atoms with Gasteiger partial charge in [-0.1, -0.05) is 12.1 Å². The number of esters is 1. The number of halogens is 2. The van der Waals surface area contributed by atoms with Gasteiger partial charge in [0, 0.05) is 5.69 Å². The lowest BCUT2D eigenvalue weighted by Crippen LogP contribution is -2.31. The molecule has 1 unspecified atom stereocenters. The molecule has 2 aromatic rings. The quantitative estimate of drug-likeness (QED) is 0.735. The van der Waals surface area contributed by atoms with Crippen LogP contribution in [0.25, 0.3) is 0 Å². The van der Waals surface area contributed by atoms with Gasteiger partial charge < -0.3 is 14.8 Å². The molecule has 2 aromatic carbocycles. The van der Waals surface area contributed by atoms with E-state index >= 15 is 0 Å². The van der Waals surface area contributed by atoms with Gasteiger partial charge in [0.1, 0.15) is 11.6 Å². The van der Waals surface area contributed by atoms with Crippen molar-refractivity contribution in [3.8, 4) is 5.75 Å². The Balaban J connectivity index is 1.83. The second kappa shape index (κ2) is 8.62. The lowest BCUT2D eigenvalue weighted by molar-refractivity contribution is -0.155. The van der Waals surface area contributed by atoms with Gasteiger partial charge in [-0.05, 0) is 65.7 Å². The molecular weight excluding hydrogens is 393 g/mol. The number of carbonyl (C=O) groups is 2. The van der Waals surface area contributed by atoms with Crippen LogP contribution in [-0.2, 0) is 14.3 Å². The summed E-state index contributed by atoms with van der Waals surface area (Å²) in [6, 6.07) is 11.1. The van der Waals surface area contributed by atoms with Crippen molar-refractivity contribution in [2.24, 2.45) is 0 Å². The standard InChI is InChI=1S/C18H17BrFNO4/c1-11-4-3-5-14(8-11)21-18(23)12(2)25-17(22)10-24-16-7-6-13(20)9-15(16)19/h3-9,12H,10H2,1-2H3,(H,21,23). The number of rotatable bonds is 6. The molecule has 0 saturated heterocycles. The van der Waals surface area contributed by atoms with Crippen molar-refractivity contribution in [2.75, 3.05) is 11.9 Å². The summed E-state index contributed by atoms with van der Waals surface area (Å²) < 4.78 is 23.7. The fourth-order valence-corrected chi connectivity index (χ4v) is 2.45. The van der Waals surface area contributed by atoms with Crippen LogP contribution in [0.15, 0.2) is 46.9 Å². The van der Waals surface area contributed by atoms with E-state index in [9.17, 15) is 14.0 Å². The van der Waals surface area contributed by atoms with E-state index in [0.717, 1.165) is 5.56 Å². The van der Waals surface area contributed by atoms with Gasteiger partial charge in [0.25, 0.3) is 5.91 Å². The molecule has 0 saturated carbocycles. The average molecular weight is 410 g/mol. The number of amides is 1. The maximum atomic E-state index is 13.0. The normalized spacial score (nSPS) is 11.5. The Bertz CT molecular complexity index is 781. The molecule has 5 nitrogen and oxygen atoms in total. The van der Waals surface area contributed by atoms with Gasteiger partial charge in [0.15, 0.2) is 12.7 Å². The third-order valence-corrected chi connectivity index (χ3v) is 3.82. The highest BCUT2D eigenvalue weighted by molar-refractivity contribution is 9.10. The van der Waals surface area contributed by atoms with Crippen LogP contribution in [0.3, 0.4) is 0 Å². The largest absolute Gasteiger partial charge is 0.481 e. The predicted octanol–water partition coefficient (Wildman–Crippen LogP) is 3.85. The van der Waals surface area contributed by atoms with Crippen LogP contribution in [0.4, 0.5) is 10.1 Å². The van der Waals surface area contributed by atoms with Crippen LogP contribution >= 0.6 is 15.9 Å². The molecule has 1 amide bonds. The van der Waals surface area contributed by atoms with Crippen molar-refractivity contribution in [3.63, 3.8) is 0 Å². The maximum Gasteiger partial charge on any atom is 0.344 e. The van der Waals surface area contributed by atoms with Crippen molar-refractivity contribution in [2.45, 2.75) is 20.0 Å². The van der Waals surface area contributed by atoms with Gasteiger partial charge >= 0.3 is 5.97 Å². The molecule has 2 rings (SSSR count). The summed E-state index contributed by atoms with van der Waals surface area (Å²) in [6.07, 6.45) is -0.978. The Labute approximate surface area is 153 Å². The number of anilines is 1. The molecule has 0 bridgehead atoms. The smallest absolute Gasteiger partial charge is 0.344 e. The number of nitrogens with one attached hydrogen (secondary N) is 1. The van der Waals surface area contributed by atoms with E-state index in [0.29, 0.717) is 15.9 Å². The van der Waals surface area contributed by atoms with Crippen LogP contribution < -0.4 is 10.1 Å². The lowest BCUT2D eigenvalue weighted by atomic mass is 10.2. The number of hydrogen-bond donors (Lipinski definition) is 1. The highest BCUT2D eigenvalue weighted by Gasteiger charge is 2.18. The van der Waals surface area contributed by atoms with E-state index in [1.165, 1.54) is 25.1 Å². The summed E-state index contributed by atoms with van der Waals surface area (Å²) in [5.41, 5.74) is 1.63. The summed E-state index contributed by atoms with van der Waals surface area (Å²) in [6.45, 7) is 2.98. The van der Waals surface area contributed by atoms with Crippen LogP contribution in [0, 0.1) is 12.7 Å². The summed E-state index contributed by atoms with van der Waals surface area (Å²) in [5.74, 6) is -1.27. The fourth-order valence-electron chi connectivity index (χ4n) is 1.98. The Morgan fingerprint density at radius 3 is 2.68 bits per heavy atom. The Morgan fingerprint density at radius 2 is 2.00 bits per heavy atom. The van der Waals surface area contributed by atoms with E-state index in [4.69, 9.17) is 9.47 Å². The topological polar surface area (TPSA) is 64.6 Å². The lowest BCUT2D eigenvalue weighted by Gasteiger charge is -2.14. The number of ether oxygens (including phenoxy) is 2.